The van der Waals surface area contributed by atoms with Crippen molar-refractivity contribution < 1.29 is 47.4 Å². The minimum absolute atomic E-state index is 0. The van der Waals surface area contributed by atoms with Crippen LogP contribution >= 0.6 is 10.8 Å². The van der Waals surface area contributed by atoms with E-state index in [1.54, 1.807) is 6.92 Å². The maximum atomic E-state index is 11.5. The van der Waals surface area contributed by atoms with Crippen molar-refractivity contribution in [1.82, 2.24) is 0 Å². The Hall–Kier alpha value is 0.730. The van der Waals surface area contributed by atoms with Gasteiger partial charge in [0.05, 0.1) is 10.5 Å². The Morgan fingerprint density at radius 3 is 1.81 bits per heavy atom. The van der Waals surface area contributed by atoms with Gasteiger partial charge in [0, 0.05) is 16.2 Å². The van der Waals surface area contributed by atoms with E-state index in [1.165, 1.54) is 7.11 Å². The van der Waals surface area contributed by atoms with Gasteiger partial charge in [-0.15, -0.1) is 0 Å². The molecular formula is C13H25NNaO4S2+. The van der Waals surface area contributed by atoms with Gasteiger partial charge in [-0.25, -0.2) is 0 Å². The molecule has 1 N–H and O–H groups in total. The molecule has 1 aliphatic rings. The number of hydrogen-bond acceptors (Lipinski definition) is 5. The van der Waals surface area contributed by atoms with Gasteiger partial charge in [0.25, 0.3) is 0 Å². The monoisotopic (exact) mass is 346 g/mol. The van der Waals surface area contributed by atoms with Crippen LogP contribution in [0.1, 0.15) is 48.5 Å². The average Bonchev–Trinajstić information content (AvgIpc) is 2.27. The summed E-state index contributed by atoms with van der Waals surface area (Å²) in [6.07, 6.45) is 0. The summed E-state index contributed by atoms with van der Waals surface area (Å²) in [5.74, 6) is 0. The van der Waals surface area contributed by atoms with Crippen LogP contribution in [-0.2, 0) is 14.0 Å². The molecule has 1 unspecified atom stereocenters. The van der Waals surface area contributed by atoms with Gasteiger partial charge in [0.2, 0.25) is 0 Å². The van der Waals surface area contributed by atoms with Gasteiger partial charge < -0.3 is 4.84 Å². The zero-order chi connectivity index (χ0) is 16.2. The predicted octanol–water partition coefficient (Wildman–Crippen LogP) is 0.380. The second kappa shape index (κ2) is 5.98. The topological polar surface area (TPSA) is 76.0 Å². The Balaban J connectivity index is 0.00000400. The number of hydrogen-bond donors (Lipinski definition) is 1. The van der Waals surface area contributed by atoms with Crippen LogP contribution in [0.5, 0.6) is 0 Å². The van der Waals surface area contributed by atoms with Crippen LogP contribution in [0.2, 0.25) is 0 Å². The Morgan fingerprint density at radius 2 is 1.48 bits per heavy atom. The van der Waals surface area contributed by atoms with Crippen molar-refractivity contribution in [3.05, 3.63) is 0 Å². The molecule has 0 saturated heterocycles. The van der Waals surface area contributed by atoms with Crippen molar-refractivity contribution in [3.63, 3.8) is 0 Å². The molecule has 0 bridgehead atoms. The van der Waals surface area contributed by atoms with Gasteiger partial charge in [-0.3, -0.25) is 4.55 Å². The largest absolute Gasteiger partial charge is 1.00 e. The van der Waals surface area contributed by atoms with E-state index in [0.29, 0.717) is 16.5 Å². The van der Waals surface area contributed by atoms with Crippen LogP contribution in [-0.4, -0.2) is 30.5 Å². The van der Waals surface area contributed by atoms with E-state index in [9.17, 15) is 13.0 Å². The molecule has 1 rings (SSSR count). The van der Waals surface area contributed by atoms with Crippen molar-refractivity contribution in [2.45, 2.75) is 53.2 Å². The number of oxime groups is 1. The third-order valence-corrected chi connectivity index (χ3v) is 8.70. The summed E-state index contributed by atoms with van der Waals surface area (Å²) in [5, 5.41) is 4.13. The average molecular weight is 346 g/mol. The van der Waals surface area contributed by atoms with Crippen molar-refractivity contribution in [2.24, 2.45) is 21.4 Å². The molecule has 1 aliphatic carbocycles. The first-order chi connectivity index (χ1) is 8.65. The molecule has 118 valence electrons. The first kappa shape index (κ1) is 21.7. The van der Waals surface area contributed by atoms with Crippen LogP contribution in [0.3, 0.4) is 0 Å². The first-order valence-corrected chi connectivity index (χ1v) is 9.22. The van der Waals surface area contributed by atoms with Crippen LogP contribution in [0.25, 0.3) is 0 Å². The second-order valence-electron chi connectivity index (χ2n) is 7.04. The van der Waals surface area contributed by atoms with Crippen molar-refractivity contribution in [1.29, 1.82) is 0 Å². The third kappa shape index (κ3) is 3.06. The fourth-order valence-electron chi connectivity index (χ4n) is 3.21. The molecule has 21 heavy (non-hydrogen) atoms. The summed E-state index contributed by atoms with van der Waals surface area (Å²) < 4.78 is 31.4. The molecule has 0 aromatic carbocycles. The van der Waals surface area contributed by atoms with Crippen LogP contribution < -0.4 is 29.6 Å². The quantitative estimate of drug-likeness (QED) is 0.346. The van der Waals surface area contributed by atoms with Crippen molar-refractivity contribution in [2.75, 3.05) is 7.11 Å². The zero-order valence-electron chi connectivity index (χ0n) is 14.4. The van der Waals surface area contributed by atoms with E-state index in [4.69, 9.17) is 4.84 Å². The van der Waals surface area contributed by atoms with Gasteiger partial charge in [0.1, 0.15) is 7.11 Å². The number of nitrogens with zero attached hydrogens (tertiary/aromatic N) is 1. The first-order valence-electron chi connectivity index (χ1n) is 6.45. The smallest absolute Gasteiger partial charge is 0.399 e. The molecule has 0 radical (unpaired) electrons. The fourth-order valence-corrected chi connectivity index (χ4v) is 6.59. The molecule has 0 amide bonds. The van der Waals surface area contributed by atoms with Gasteiger partial charge in [-0.05, 0) is 17.8 Å². The van der Waals surface area contributed by atoms with Crippen LogP contribution in [0.15, 0.2) is 5.16 Å². The minimum atomic E-state index is -4.21. The normalized spacial score (nSPS) is 31.8. The molecule has 0 aliphatic heterocycles. The van der Waals surface area contributed by atoms with Crippen molar-refractivity contribution >= 4 is 25.7 Å². The molecule has 1 atom stereocenters. The summed E-state index contributed by atoms with van der Waals surface area (Å²) in [4.78, 5) is 4.96. The summed E-state index contributed by atoms with van der Waals surface area (Å²) in [5.41, 5.74) is -0.408. The number of rotatable bonds is 3. The molecule has 0 aromatic rings. The standard InChI is InChI=1S/C13H25NO4S2.Na/c1-10(2)9(14-18-8)13(7,19-20(15,16)17)12(5,6)11(10,3)4;/h1-8H3,(H,15,16,17);/q;+1/b14-9+;. The molecular weight excluding hydrogens is 321 g/mol. The van der Waals surface area contributed by atoms with Crippen LogP contribution in [0, 0.1) is 16.2 Å². The maximum Gasteiger partial charge on any atom is 1.00 e. The maximum absolute atomic E-state index is 11.5. The fraction of sp³-hybridized carbons (Fsp3) is 0.923. The molecule has 1 fully saturated rings. The summed E-state index contributed by atoms with van der Waals surface area (Å²) in [7, 11) is -2.22. The Bertz CT molecular complexity index is 540. The van der Waals surface area contributed by atoms with Crippen LogP contribution in [0.4, 0.5) is 0 Å². The van der Waals surface area contributed by atoms with E-state index in [-0.39, 0.29) is 40.4 Å². The van der Waals surface area contributed by atoms with Crippen molar-refractivity contribution in [3.8, 4) is 0 Å². The summed E-state index contributed by atoms with van der Waals surface area (Å²) in [6, 6.07) is 0. The Labute approximate surface area is 154 Å². The minimum Gasteiger partial charge on any atom is -0.399 e. The molecule has 0 aromatic heterocycles. The van der Waals surface area contributed by atoms with Gasteiger partial charge >= 0.3 is 38.7 Å². The molecule has 8 heteroatoms. The predicted molar refractivity (Wildman–Crippen MR) is 83.3 cm³/mol. The van der Waals surface area contributed by atoms with E-state index >= 15 is 0 Å². The van der Waals surface area contributed by atoms with E-state index in [2.05, 4.69) is 19.0 Å². The van der Waals surface area contributed by atoms with E-state index in [1.807, 2.05) is 27.7 Å². The SMILES string of the molecule is CO/N=C1\C(C)(C)C(C)(C)C(C)(C)C1(C)SS(=O)(=O)O.[Na+]. The molecule has 1 saturated carbocycles. The summed E-state index contributed by atoms with van der Waals surface area (Å²) >= 11 is 0. The second-order valence-corrected chi connectivity index (χ2v) is 10.6. The third-order valence-electron chi connectivity index (χ3n) is 5.82. The molecule has 0 heterocycles. The Morgan fingerprint density at radius 1 is 1.05 bits per heavy atom. The zero-order valence-corrected chi connectivity index (χ0v) is 18.1. The van der Waals surface area contributed by atoms with Gasteiger partial charge in [-0.1, -0.05) is 46.7 Å². The molecule has 5 nitrogen and oxygen atoms in total. The van der Waals surface area contributed by atoms with Gasteiger partial charge in [0.15, 0.2) is 0 Å². The summed E-state index contributed by atoms with van der Waals surface area (Å²) in [6.45, 7) is 14.1. The van der Waals surface area contributed by atoms with E-state index < -0.39 is 19.3 Å². The Kier molecular flexibility index (Phi) is 6.19. The molecule has 0 spiro atoms. The van der Waals surface area contributed by atoms with Gasteiger partial charge in [-0.2, -0.15) is 8.42 Å². The van der Waals surface area contributed by atoms with E-state index in [0.717, 1.165) is 0 Å².